The third kappa shape index (κ3) is 3.56. The van der Waals surface area contributed by atoms with Gasteiger partial charge >= 0.3 is 0 Å². The highest BCUT2D eigenvalue weighted by molar-refractivity contribution is 6.30. The van der Waals surface area contributed by atoms with Crippen LogP contribution >= 0.6 is 24.0 Å². The standard InChI is InChI=1S/C9H7ClO.ClH/c10-9-5-3-8(4-6-9)2-1-7-11;/h1-7H;1H/b2-1+;. The summed E-state index contributed by atoms with van der Waals surface area (Å²) in [6.45, 7) is 0. The number of carbonyl (C=O) groups excluding carboxylic acids is 1. The van der Waals surface area contributed by atoms with Crippen LogP contribution in [-0.2, 0) is 4.79 Å². The molecule has 12 heavy (non-hydrogen) atoms. The van der Waals surface area contributed by atoms with Gasteiger partial charge in [-0.2, -0.15) is 0 Å². The molecule has 3 heteroatoms. The molecule has 0 fully saturated rings. The molecule has 0 aliphatic heterocycles. The molecule has 1 rings (SSSR count). The molecule has 0 bridgehead atoms. The Labute approximate surface area is 82.5 Å². The van der Waals surface area contributed by atoms with Gasteiger partial charge in [-0.3, -0.25) is 4.79 Å². The van der Waals surface area contributed by atoms with Gasteiger partial charge in [-0.05, 0) is 23.8 Å². The first-order valence-electron chi connectivity index (χ1n) is 3.20. The molecule has 0 radical (unpaired) electrons. The van der Waals surface area contributed by atoms with E-state index in [-0.39, 0.29) is 12.4 Å². The second kappa shape index (κ2) is 5.81. The molecule has 0 N–H and O–H groups in total. The minimum atomic E-state index is 0. The van der Waals surface area contributed by atoms with E-state index in [0.29, 0.717) is 5.02 Å². The van der Waals surface area contributed by atoms with E-state index in [1.165, 1.54) is 6.08 Å². The Bertz CT molecular complexity index is 264. The van der Waals surface area contributed by atoms with Gasteiger partial charge in [0.25, 0.3) is 0 Å². The van der Waals surface area contributed by atoms with Gasteiger partial charge in [0.15, 0.2) is 0 Å². The third-order valence-corrected chi connectivity index (χ3v) is 1.49. The molecule has 64 valence electrons. The molecule has 0 spiro atoms. The van der Waals surface area contributed by atoms with Gasteiger partial charge in [0, 0.05) is 5.02 Å². The van der Waals surface area contributed by atoms with Gasteiger partial charge in [0.05, 0.1) is 0 Å². The number of carbonyl (C=O) groups is 1. The van der Waals surface area contributed by atoms with Crippen molar-refractivity contribution in [2.24, 2.45) is 0 Å². The smallest absolute Gasteiger partial charge is 0.142 e. The first kappa shape index (κ1) is 11.2. The van der Waals surface area contributed by atoms with Crippen molar-refractivity contribution in [1.82, 2.24) is 0 Å². The lowest BCUT2D eigenvalue weighted by atomic mass is 10.2. The molecule has 1 aromatic rings. The second-order valence-corrected chi connectivity index (χ2v) is 2.48. The van der Waals surface area contributed by atoms with Gasteiger partial charge < -0.3 is 0 Å². The van der Waals surface area contributed by atoms with Gasteiger partial charge in [0.2, 0.25) is 0 Å². The Morgan fingerprint density at radius 3 is 2.25 bits per heavy atom. The van der Waals surface area contributed by atoms with Crippen LogP contribution in [0.2, 0.25) is 5.02 Å². The summed E-state index contributed by atoms with van der Waals surface area (Å²) in [5, 5.41) is 0.702. The van der Waals surface area contributed by atoms with E-state index in [0.717, 1.165) is 11.8 Å². The quantitative estimate of drug-likeness (QED) is 0.533. The molecule has 0 saturated carbocycles. The van der Waals surface area contributed by atoms with E-state index in [9.17, 15) is 4.79 Å². The lowest BCUT2D eigenvalue weighted by Crippen LogP contribution is -1.70. The predicted octanol–water partition coefficient (Wildman–Crippen LogP) is 2.97. The molecule has 0 atom stereocenters. The van der Waals surface area contributed by atoms with Crippen molar-refractivity contribution in [3.63, 3.8) is 0 Å². The maximum absolute atomic E-state index is 9.93. The molecule has 0 heterocycles. The minimum Gasteiger partial charge on any atom is -0.299 e. The first-order valence-corrected chi connectivity index (χ1v) is 3.58. The summed E-state index contributed by atoms with van der Waals surface area (Å²) in [4.78, 5) is 9.93. The number of rotatable bonds is 2. The molecule has 0 unspecified atom stereocenters. The van der Waals surface area contributed by atoms with E-state index in [2.05, 4.69) is 0 Å². The summed E-state index contributed by atoms with van der Waals surface area (Å²) in [6.07, 6.45) is 3.92. The third-order valence-electron chi connectivity index (χ3n) is 1.24. The van der Waals surface area contributed by atoms with Gasteiger partial charge in [-0.25, -0.2) is 0 Å². The fraction of sp³-hybridized carbons (Fsp3) is 0. The van der Waals surface area contributed by atoms with Crippen molar-refractivity contribution >= 4 is 36.4 Å². The number of aldehydes is 1. The summed E-state index contributed by atoms with van der Waals surface area (Å²) >= 11 is 5.65. The highest BCUT2D eigenvalue weighted by Gasteiger charge is 1.85. The Morgan fingerprint density at radius 1 is 1.17 bits per heavy atom. The number of hydrogen-bond donors (Lipinski definition) is 0. The molecule has 1 aromatic carbocycles. The van der Waals surface area contributed by atoms with Crippen LogP contribution < -0.4 is 0 Å². The fourth-order valence-electron chi connectivity index (χ4n) is 0.724. The summed E-state index contributed by atoms with van der Waals surface area (Å²) < 4.78 is 0. The number of halogens is 2. The maximum atomic E-state index is 9.93. The van der Waals surface area contributed by atoms with Crippen molar-refractivity contribution in [2.75, 3.05) is 0 Å². The van der Waals surface area contributed by atoms with Gasteiger partial charge in [-0.1, -0.05) is 29.8 Å². The summed E-state index contributed by atoms with van der Waals surface area (Å²) in [5.41, 5.74) is 0.974. The highest BCUT2D eigenvalue weighted by Crippen LogP contribution is 2.09. The monoisotopic (exact) mass is 202 g/mol. The first-order chi connectivity index (χ1) is 5.33. The van der Waals surface area contributed by atoms with Crippen LogP contribution in [0.25, 0.3) is 6.08 Å². The average Bonchev–Trinajstić information content (AvgIpc) is 2.04. The van der Waals surface area contributed by atoms with Crippen molar-refractivity contribution in [3.8, 4) is 0 Å². The van der Waals surface area contributed by atoms with Crippen LogP contribution in [-0.4, -0.2) is 6.29 Å². The molecule has 0 aliphatic carbocycles. The second-order valence-electron chi connectivity index (χ2n) is 2.05. The number of hydrogen-bond acceptors (Lipinski definition) is 1. The summed E-state index contributed by atoms with van der Waals surface area (Å²) in [7, 11) is 0. The van der Waals surface area contributed by atoms with Crippen LogP contribution in [0.4, 0.5) is 0 Å². The van der Waals surface area contributed by atoms with Crippen LogP contribution in [0.15, 0.2) is 30.3 Å². The fourth-order valence-corrected chi connectivity index (χ4v) is 0.850. The zero-order chi connectivity index (χ0) is 8.10. The lowest BCUT2D eigenvalue weighted by molar-refractivity contribution is -0.104. The zero-order valence-corrected chi connectivity index (χ0v) is 7.81. The average molecular weight is 203 g/mol. The minimum absolute atomic E-state index is 0. The van der Waals surface area contributed by atoms with Crippen molar-refractivity contribution in [3.05, 3.63) is 40.9 Å². The molecular formula is C9H8Cl2O. The Balaban J connectivity index is 0.00000121. The zero-order valence-electron chi connectivity index (χ0n) is 6.24. The van der Waals surface area contributed by atoms with Crippen LogP contribution in [0.3, 0.4) is 0 Å². The Hall–Kier alpha value is -0.790. The number of allylic oxidation sites excluding steroid dienone is 1. The Kier molecular flexibility index (Phi) is 5.43. The van der Waals surface area contributed by atoms with Crippen molar-refractivity contribution < 1.29 is 4.79 Å². The van der Waals surface area contributed by atoms with E-state index < -0.39 is 0 Å². The van der Waals surface area contributed by atoms with Crippen molar-refractivity contribution in [2.45, 2.75) is 0 Å². The predicted molar refractivity (Wildman–Crippen MR) is 53.8 cm³/mol. The molecule has 1 nitrogen and oxygen atoms in total. The highest BCUT2D eigenvalue weighted by atomic mass is 35.5. The van der Waals surface area contributed by atoms with Crippen LogP contribution in [0.5, 0.6) is 0 Å². The molecule has 0 saturated heterocycles. The van der Waals surface area contributed by atoms with Gasteiger partial charge in [-0.15, -0.1) is 12.4 Å². The van der Waals surface area contributed by atoms with Gasteiger partial charge in [0.1, 0.15) is 6.29 Å². The lowest BCUT2D eigenvalue weighted by Gasteiger charge is -1.90. The largest absolute Gasteiger partial charge is 0.299 e. The molecule has 0 aliphatic rings. The van der Waals surface area contributed by atoms with Crippen molar-refractivity contribution in [1.29, 1.82) is 0 Å². The molecular weight excluding hydrogens is 195 g/mol. The van der Waals surface area contributed by atoms with E-state index in [4.69, 9.17) is 11.6 Å². The Morgan fingerprint density at radius 2 is 1.75 bits per heavy atom. The summed E-state index contributed by atoms with van der Waals surface area (Å²) in [6, 6.07) is 7.27. The topological polar surface area (TPSA) is 17.1 Å². The van der Waals surface area contributed by atoms with E-state index in [1.807, 2.05) is 12.1 Å². The van der Waals surface area contributed by atoms with E-state index in [1.54, 1.807) is 18.2 Å². The molecule has 0 aromatic heterocycles. The van der Waals surface area contributed by atoms with E-state index >= 15 is 0 Å². The molecule has 0 amide bonds. The summed E-state index contributed by atoms with van der Waals surface area (Å²) in [5.74, 6) is 0. The number of benzene rings is 1. The normalized spacial score (nSPS) is 9.42. The van der Waals surface area contributed by atoms with Crippen LogP contribution in [0, 0.1) is 0 Å². The SMILES string of the molecule is Cl.O=C/C=C/c1ccc(Cl)cc1. The van der Waals surface area contributed by atoms with Crippen LogP contribution in [0.1, 0.15) is 5.56 Å². The maximum Gasteiger partial charge on any atom is 0.142 e.